The van der Waals surface area contributed by atoms with Crippen LogP contribution in [0.2, 0.25) is 0 Å². The molecule has 1 saturated carbocycles. The average Bonchev–Trinajstić information content (AvgIpc) is 3.72. The lowest BCUT2D eigenvalue weighted by Gasteiger charge is -2.17. The monoisotopic (exact) mass is 574 g/mol. The fourth-order valence-corrected chi connectivity index (χ4v) is 6.57. The molecule has 2 fully saturated rings. The molecule has 0 bridgehead atoms. The van der Waals surface area contributed by atoms with Crippen LogP contribution in [-0.2, 0) is 21.4 Å². The molecule has 3 aromatic carbocycles. The summed E-state index contributed by atoms with van der Waals surface area (Å²) in [5, 5.41) is 5.97. The number of carbonyl (C=O) groups excluding carboxylic acids is 2. The van der Waals surface area contributed by atoms with Crippen molar-refractivity contribution in [1.29, 1.82) is 0 Å². The summed E-state index contributed by atoms with van der Waals surface area (Å²) in [5.74, 6) is 0.202. The first-order valence-electron chi connectivity index (χ1n) is 14.3. The number of nitrogens with one attached hydrogen (secondary N) is 3. The highest BCUT2D eigenvalue weighted by Gasteiger charge is 2.29. The van der Waals surface area contributed by atoms with E-state index in [1.807, 2.05) is 80.6 Å². The van der Waals surface area contributed by atoms with E-state index in [9.17, 15) is 18.0 Å². The van der Waals surface area contributed by atoms with Gasteiger partial charge in [0, 0.05) is 48.5 Å². The Hall–Kier alpha value is -3.53. The SMILES string of the molecule is CCCS(=O)(=O)N[C@@H]1CCN(Cc2ccc(NC(=O)c3ccc(-c4cc(NC(=O)C5CC5)ccc4C)cc3)cc2)C1. The molecule has 1 saturated heterocycles. The molecule has 1 aliphatic carbocycles. The minimum Gasteiger partial charge on any atom is -0.326 e. The maximum absolute atomic E-state index is 12.9. The van der Waals surface area contributed by atoms with Crippen LogP contribution in [0.5, 0.6) is 0 Å². The van der Waals surface area contributed by atoms with Crippen molar-refractivity contribution >= 4 is 33.2 Å². The van der Waals surface area contributed by atoms with Crippen LogP contribution in [0.25, 0.3) is 11.1 Å². The molecule has 2 amide bonds. The van der Waals surface area contributed by atoms with Gasteiger partial charge in [0.25, 0.3) is 5.91 Å². The normalized spacial score (nSPS) is 17.4. The van der Waals surface area contributed by atoms with E-state index in [2.05, 4.69) is 20.3 Å². The highest BCUT2D eigenvalue weighted by molar-refractivity contribution is 7.89. The van der Waals surface area contributed by atoms with Crippen LogP contribution in [0, 0.1) is 12.8 Å². The van der Waals surface area contributed by atoms with Crippen molar-refractivity contribution in [2.24, 2.45) is 5.92 Å². The Balaban J connectivity index is 1.15. The predicted octanol–water partition coefficient (Wildman–Crippen LogP) is 5.17. The van der Waals surface area contributed by atoms with Gasteiger partial charge < -0.3 is 10.6 Å². The Labute approximate surface area is 242 Å². The Bertz CT molecular complexity index is 1500. The van der Waals surface area contributed by atoms with Crippen LogP contribution in [-0.4, -0.2) is 50.0 Å². The fourth-order valence-electron chi connectivity index (χ4n) is 5.21. The number of sulfonamides is 1. The first kappa shape index (κ1) is 29.0. The van der Waals surface area contributed by atoms with Gasteiger partial charge in [-0.15, -0.1) is 0 Å². The van der Waals surface area contributed by atoms with Crippen LogP contribution in [0.1, 0.15) is 54.1 Å². The smallest absolute Gasteiger partial charge is 0.255 e. The van der Waals surface area contributed by atoms with Crippen LogP contribution in [0.3, 0.4) is 0 Å². The minimum atomic E-state index is -3.21. The molecular formula is C32H38N4O4S. The molecule has 1 aliphatic heterocycles. The van der Waals surface area contributed by atoms with Gasteiger partial charge in [-0.1, -0.05) is 37.3 Å². The summed E-state index contributed by atoms with van der Waals surface area (Å²) in [5.41, 5.74) is 6.25. The van der Waals surface area contributed by atoms with Crippen molar-refractivity contribution in [3.8, 4) is 11.1 Å². The Morgan fingerprint density at radius 3 is 2.29 bits per heavy atom. The number of anilines is 2. The molecule has 9 heteroatoms. The highest BCUT2D eigenvalue weighted by atomic mass is 32.2. The topological polar surface area (TPSA) is 108 Å². The molecule has 8 nitrogen and oxygen atoms in total. The number of nitrogens with zero attached hydrogens (tertiary/aromatic N) is 1. The third kappa shape index (κ3) is 7.81. The van der Waals surface area contributed by atoms with Gasteiger partial charge in [0.05, 0.1) is 5.75 Å². The molecular weight excluding hydrogens is 536 g/mol. The Morgan fingerprint density at radius 1 is 0.902 bits per heavy atom. The third-order valence-corrected chi connectivity index (χ3v) is 9.26. The molecule has 3 aromatic rings. The molecule has 0 radical (unpaired) electrons. The maximum atomic E-state index is 12.9. The largest absolute Gasteiger partial charge is 0.326 e. The van der Waals surface area contributed by atoms with Crippen LogP contribution < -0.4 is 15.4 Å². The second-order valence-corrected chi connectivity index (χ2v) is 13.1. The molecule has 216 valence electrons. The summed E-state index contributed by atoms with van der Waals surface area (Å²) in [6, 6.07) is 21.1. The number of aryl methyl sites for hydroxylation is 1. The molecule has 0 spiro atoms. The lowest BCUT2D eigenvalue weighted by atomic mass is 9.98. The number of hydrogen-bond donors (Lipinski definition) is 3. The zero-order chi connectivity index (χ0) is 29.0. The van der Waals surface area contributed by atoms with Crippen molar-refractivity contribution in [3.05, 3.63) is 83.4 Å². The van der Waals surface area contributed by atoms with Crippen molar-refractivity contribution in [2.45, 2.75) is 52.1 Å². The summed E-state index contributed by atoms with van der Waals surface area (Å²) in [6.07, 6.45) is 3.34. The lowest BCUT2D eigenvalue weighted by molar-refractivity contribution is -0.117. The van der Waals surface area contributed by atoms with E-state index in [1.54, 1.807) is 0 Å². The van der Waals surface area contributed by atoms with E-state index in [-0.39, 0.29) is 29.5 Å². The molecule has 0 aromatic heterocycles. The number of hydrogen-bond acceptors (Lipinski definition) is 5. The number of carbonyl (C=O) groups is 2. The number of rotatable bonds is 11. The molecule has 1 atom stereocenters. The summed E-state index contributed by atoms with van der Waals surface area (Å²) in [6.45, 7) is 6.15. The van der Waals surface area contributed by atoms with Gasteiger partial charge >= 0.3 is 0 Å². The van der Waals surface area contributed by atoms with E-state index in [0.717, 1.165) is 60.3 Å². The van der Waals surface area contributed by atoms with E-state index in [4.69, 9.17) is 0 Å². The van der Waals surface area contributed by atoms with Crippen LogP contribution >= 0.6 is 0 Å². The summed E-state index contributed by atoms with van der Waals surface area (Å²) < 4.78 is 26.9. The van der Waals surface area contributed by atoms with Gasteiger partial charge in [-0.3, -0.25) is 14.5 Å². The highest BCUT2D eigenvalue weighted by Crippen LogP contribution is 2.32. The first-order valence-corrected chi connectivity index (χ1v) is 16.0. The van der Waals surface area contributed by atoms with Crippen LogP contribution in [0.4, 0.5) is 11.4 Å². The maximum Gasteiger partial charge on any atom is 0.255 e. The average molecular weight is 575 g/mol. The quantitative estimate of drug-likeness (QED) is 0.293. The molecule has 41 heavy (non-hydrogen) atoms. The summed E-state index contributed by atoms with van der Waals surface area (Å²) in [4.78, 5) is 27.3. The first-order chi connectivity index (χ1) is 19.7. The van der Waals surface area contributed by atoms with Crippen molar-refractivity contribution in [3.63, 3.8) is 0 Å². The second kappa shape index (κ2) is 12.5. The van der Waals surface area contributed by atoms with Gasteiger partial charge in [0.15, 0.2) is 0 Å². The number of amides is 2. The van der Waals surface area contributed by atoms with Gasteiger partial charge in [0.1, 0.15) is 0 Å². The van der Waals surface area contributed by atoms with Gasteiger partial charge in [-0.2, -0.15) is 0 Å². The Kier molecular flexibility index (Phi) is 8.87. The molecule has 3 N–H and O–H groups in total. The zero-order valence-corrected chi connectivity index (χ0v) is 24.5. The number of likely N-dealkylation sites (tertiary alicyclic amines) is 1. The molecule has 1 heterocycles. The van der Waals surface area contributed by atoms with Crippen LogP contribution in [0.15, 0.2) is 66.7 Å². The second-order valence-electron chi connectivity index (χ2n) is 11.2. The zero-order valence-electron chi connectivity index (χ0n) is 23.7. The van der Waals surface area contributed by atoms with Gasteiger partial charge in [-0.05, 0) is 91.3 Å². The number of benzene rings is 3. The predicted molar refractivity (Wildman–Crippen MR) is 163 cm³/mol. The van der Waals surface area contributed by atoms with Crippen molar-refractivity contribution in [1.82, 2.24) is 9.62 Å². The van der Waals surface area contributed by atoms with Gasteiger partial charge in [-0.25, -0.2) is 13.1 Å². The van der Waals surface area contributed by atoms with E-state index >= 15 is 0 Å². The third-order valence-electron chi connectivity index (χ3n) is 7.62. The van der Waals surface area contributed by atoms with Crippen molar-refractivity contribution < 1.29 is 18.0 Å². The minimum absolute atomic E-state index is 0.0439. The lowest BCUT2D eigenvalue weighted by Crippen LogP contribution is -2.38. The van der Waals surface area contributed by atoms with E-state index < -0.39 is 10.0 Å². The fraction of sp³-hybridized carbons (Fsp3) is 0.375. The van der Waals surface area contributed by atoms with E-state index in [0.29, 0.717) is 24.2 Å². The van der Waals surface area contributed by atoms with Gasteiger partial charge in [0.2, 0.25) is 15.9 Å². The molecule has 2 aliphatic rings. The molecule has 5 rings (SSSR count). The van der Waals surface area contributed by atoms with E-state index in [1.165, 1.54) is 0 Å². The van der Waals surface area contributed by atoms with Crippen molar-refractivity contribution in [2.75, 3.05) is 29.5 Å². The standard InChI is InChI=1S/C32H38N4O4S/c1-3-18-41(39,40)35-29-16-17-36(21-29)20-23-5-14-27(15-6-23)33-31(37)25-9-7-24(8-10-25)30-19-28(13-4-22(30)2)34-32(38)26-11-12-26/h4-10,13-15,19,26,29,35H,3,11-12,16-18,20-21H2,1-2H3,(H,33,37)(H,34,38)/t29-/m1/s1. The Morgan fingerprint density at radius 2 is 1.61 bits per heavy atom. The summed E-state index contributed by atoms with van der Waals surface area (Å²) >= 11 is 0. The summed E-state index contributed by atoms with van der Waals surface area (Å²) in [7, 11) is -3.21. The molecule has 0 unspecified atom stereocenters.